The number of fused-ring (bicyclic) bond motifs is 1. The number of nitrogens with zero attached hydrogens (tertiary/aromatic N) is 6. The minimum absolute atomic E-state index is 0.0728. The van der Waals surface area contributed by atoms with Gasteiger partial charge in [-0.3, -0.25) is 13.9 Å². The third kappa shape index (κ3) is 3.01. The van der Waals surface area contributed by atoms with E-state index in [1.807, 2.05) is 58.6 Å². The predicted octanol–water partition coefficient (Wildman–Crippen LogP) is 2.24. The van der Waals surface area contributed by atoms with Crippen LogP contribution >= 0.6 is 0 Å². The number of aromatic nitrogens is 5. The van der Waals surface area contributed by atoms with Gasteiger partial charge in [-0.2, -0.15) is 5.10 Å². The van der Waals surface area contributed by atoms with Gasteiger partial charge in [-0.15, -0.1) is 10.2 Å². The molecule has 7 nitrogen and oxygen atoms in total. The Morgan fingerprint density at radius 2 is 2.08 bits per heavy atom. The average molecular weight is 338 g/mol. The lowest BCUT2D eigenvalue weighted by atomic mass is 10.0. The minimum Gasteiger partial charge on any atom is -0.334 e. The molecule has 0 spiro atoms. The van der Waals surface area contributed by atoms with E-state index in [9.17, 15) is 4.79 Å². The zero-order valence-corrected chi connectivity index (χ0v) is 14.6. The Balaban J connectivity index is 1.59. The van der Waals surface area contributed by atoms with Crippen molar-refractivity contribution >= 4 is 11.6 Å². The second-order valence-electron chi connectivity index (χ2n) is 6.78. The third-order valence-electron chi connectivity index (χ3n) is 4.87. The SMILES string of the molecule is Cc1cnn(C[C@@H]2CCCCN2C(=O)c2ccc3nnc(C)n3c2)c1. The molecule has 4 heterocycles. The van der Waals surface area contributed by atoms with Crippen LogP contribution in [0.1, 0.15) is 41.0 Å². The molecule has 3 aromatic rings. The molecular weight excluding hydrogens is 316 g/mol. The maximum atomic E-state index is 13.1. The Morgan fingerprint density at radius 1 is 1.20 bits per heavy atom. The molecule has 3 aromatic heterocycles. The Bertz CT molecular complexity index is 911. The Morgan fingerprint density at radius 3 is 2.88 bits per heavy atom. The maximum absolute atomic E-state index is 13.1. The van der Waals surface area contributed by atoms with Crippen LogP contribution < -0.4 is 0 Å². The van der Waals surface area contributed by atoms with Crippen molar-refractivity contribution in [1.82, 2.24) is 29.3 Å². The first kappa shape index (κ1) is 15.8. The summed E-state index contributed by atoms with van der Waals surface area (Å²) >= 11 is 0. The largest absolute Gasteiger partial charge is 0.334 e. The van der Waals surface area contributed by atoms with E-state index in [0.717, 1.165) is 49.4 Å². The zero-order chi connectivity index (χ0) is 17.4. The molecule has 1 atom stereocenters. The molecule has 0 aromatic carbocycles. The molecule has 130 valence electrons. The standard InChI is InChI=1S/C18H22N6O/c1-13-9-19-22(10-13)12-16-5-3-4-8-23(16)18(25)15-6-7-17-21-20-14(2)24(17)11-15/h6-7,9-11,16H,3-5,8,12H2,1-2H3/t16-/m0/s1. The number of amides is 1. The minimum atomic E-state index is 0.0728. The second-order valence-corrected chi connectivity index (χ2v) is 6.78. The van der Waals surface area contributed by atoms with Crippen molar-refractivity contribution < 1.29 is 4.79 Å². The fraction of sp³-hybridized carbons (Fsp3) is 0.444. The van der Waals surface area contributed by atoms with Gasteiger partial charge in [-0.25, -0.2) is 0 Å². The summed E-state index contributed by atoms with van der Waals surface area (Å²) in [6.07, 6.45) is 8.95. The topological polar surface area (TPSA) is 68.3 Å². The molecule has 4 rings (SSSR count). The highest BCUT2D eigenvalue weighted by Gasteiger charge is 2.28. The van der Waals surface area contributed by atoms with Crippen molar-refractivity contribution in [2.24, 2.45) is 0 Å². The van der Waals surface area contributed by atoms with Crippen LogP contribution in [0, 0.1) is 13.8 Å². The summed E-state index contributed by atoms with van der Waals surface area (Å²) in [6, 6.07) is 3.87. The van der Waals surface area contributed by atoms with Crippen LogP contribution in [0.25, 0.3) is 5.65 Å². The lowest BCUT2D eigenvalue weighted by Gasteiger charge is -2.35. The van der Waals surface area contributed by atoms with Gasteiger partial charge in [0.15, 0.2) is 5.65 Å². The van der Waals surface area contributed by atoms with E-state index >= 15 is 0 Å². The number of hydrogen-bond acceptors (Lipinski definition) is 4. The Hall–Kier alpha value is -2.70. The van der Waals surface area contributed by atoms with Gasteiger partial charge in [-0.1, -0.05) is 0 Å². The highest BCUT2D eigenvalue weighted by atomic mass is 16.2. The van der Waals surface area contributed by atoms with Crippen LogP contribution in [-0.2, 0) is 6.54 Å². The van der Waals surface area contributed by atoms with Crippen LogP contribution in [0.5, 0.6) is 0 Å². The van der Waals surface area contributed by atoms with Gasteiger partial charge in [0, 0.05) is 18.9 Å². The molecular formula is C18H22N6O. The predicted molar refractivity (Wildman–Crippen MR) is 93.4 cm³/mol. The van der Waals surface area contributed by atoms with Crippen LogP contribution in [0.2, 0.25) is 0 Å². The van der Waals surface area contributed by atoms with Crippen LogP contribution in [0.4, 0.5) is 0 Å². The number of piperidine rings is 1. The summed E-state index contributed by atoms with van der Waals surface area (Å²) in [6.45, 7) is 5.46. The zero-order valence-electron chi connectivity index (χ0n) is 14.6. The van der Waals surface area contributed by atoms with Gasteiger partial charge in [0.2, 0.25) is 0 Å². The van der Waals surface area contributed by atoms with Gasteiger partial charge >= 0.3 is 0 Å². The van der Waals surface area contributed by atoms with Gasteiger partial charge in [0.1, 0.15) is 5.82 Å². The fourth-order valence-corrected chi connectivity index (χ4v) is 3.54. The van der Waals surface area contributed by atoms with E-state index < -0.39 is 0 Å². The van der Waals surface area contributed by atoms with Crippen LogP contribution in [-0.4, -0.2) is 47.8 Å². The first-order chi connectivity index (χ1) is 12.1. The van der Waals surface area contributed by atoms with Gasteiger partial charge in [-0.05, 0) is 50.8 Å². The Kier molecular flexibility index (Phi) is 3.99. The fourth-order valence-electron chi connectivity index (χ4n) is 3.54. The molecule has 0 unspecified atom stereocenters. The number of pyridine rings is 1. The number of carbonyl (C=O) groups excluding carboxylic acids is 1. The summed E-state index contributed by atoms with van der Waals surface area (Å²) in [5.74, 6) is 0.857. The molecule has 0 saturated carbocycles. The van der Waals surface area contributed by atoms with E-state index in [0.29, 0.717) is 5.56 Å². The van der Waals surface area contributed by atoms with E-state index in [-0.39, 0.29) is 11.9 Å². The molecule has 1 saturated heterocycles. The van der Waals surface area contributed by atoms with Gasteiger partial charge in [0.05, 0.1) is 24.3 Å². The quantitative estimate of drug-likeness (QED) is 0.734. The highest BCUT2D eigenvalue weighted by molar-refractivity contribution is 5.94. The van der Waals surface area contributed by atoms with Crippen molar-refractivity contribution in [2.75, 3.05) is 6.54 Å². The summed E-state index contributed by atoms with van der Waals surface area (Å²) in [5, 5.41) is 12.5. The van der Waals surface area contributed by atoms with E-state index in [1.54, 1.807) is 0 Å². The summed E-state index contributed by atoms with van der Waals surface area (Å²) in [4.78, 5) is 15.1. The van der Waals surface area contributed by atoms with E-state index in [1.165, 1.54) is 0 Å². The van der Waals surface area contributed by atoms with Crippen LogP contribution in [0.15, 0.2) is 30.7 Å². The molecule has 1 aliphatic rings. The van der Waals surface area contributed by atoms with E-state index in [2.05, 4.69) is 15.3 Å². The van der Waals surface area contributed by atoms with E-state index in [4.69, 9.17) is 0 Å². The van der Waals surface area contributed by atoms with Crippen molar-refractivity contribution in [3.05, 3.63) is 47.7 Å². The molecule has 1 fully saturated rings. The van der Waals surface area contributed by atoms with Crippen molar-refractivity contribution in [2.45, 2.75) is 45.7 Å². The summed E-state index contributed by atoms with van der Waals surface area (Å²) in [5.41, 5.74) is 2.58. The average Bonchev–Trinajstić information content (AvgIpc) is 3.20. The number of likely N-dealkylation sites (tertiary alicyclic amines) is 1. The lowest BCUT2D eigenvalue weighted by Crippen LogP contribution is -2.46. The number of hydrogen-bond donors (Lipinski definition) is 0. The monoisotopic (exact) mass is 338 g/mol. The molecule has 1 aliphatic heterocycles. The highest BCUT2D eigenvalue weighted by Crippen LogP contribution is 2.21. The molecule has 0 N–H and O–H groups in total. The first-order valence-electron chi connectivity index (χ1n) is 8.73. The second kappa shape index (κ2) is 6.31. The molecule has 7 heteroatoms. The Labute approximate surface area is 146 Å². The van der Waals surface area contributed by atoms with Crippen LogP contribution in [0.3, 0.4) is 0 Å². The number of aryl methyl sites for hydroxylation is 2. The molecule has 0 bridgehead atoms. The normalized spacial score (nSPS) is 18.0. The number of carbonyl (C=O) groups is 1. The molecule has 0 aliphatic carbocycles. The smallest absolute Gasteiger partial charge is 0.255 e. The summed E-state index contributed by atoms with van der Waals surface area (Å²) in [7, 11) is 0. The van der Waals surface area contributed by atoms with Crippen molar-refractivity contribution in [3.8, 4) is 0 Å². The van der Waals surface area contributed by atoms with Gasteiger partial charge < -0.3 is 4.90 Å². The molecule has 25 heavy (non-hydrogen) atoms. The maximum Gasteiger partial charge on any atom is 0.255 e. The molecule has 1 amide bonds. The van der Waals surface area contributed by atoms with Gasteiger partial charge in [0.25, 0.3) is 5.91 Å². The molecule has 0 radical (unpaired) electrons. The lowest BCUT2D eigenvalue weighted by molar-refractivity contribution is 0.0583. The summed E-state index contributed by atoms with van der Waals surface area (Å²) < 4.78 is 3.81. The number of rotatable bonds is 3. The van der Waals surface area contributed by atoms with Crippen molar-refractivity contribution in [3.63, 3.8) is 0 Å². The third-order valence-corrected chi connectivity index (χ3v) is 4.87. The van der Waals surface area contributed by atoms with Crippen molar-refractivity contribution in [1.29, 1.82) is 0 Å². The first-order valence-corrected chi connectivity index (χ1v) is 8.73.